The Morgan fingerprint density at radius 3 is 2.30 bits per heavy atom. The number of nitrogens with zero attached hydrogens (tertiary/aromatic N) is 4. The van der Waals surface area contributed by atoms with E-state index in [1.54, 1.807) is 0 Å². The molecule has 27 heavy (non-hydrogen) atoms. The van der Waals surface area contributed by atoms with Gasteiger partial charge in [0.05, 0.1) is 22.7 Å². The molecule has 1 aromatic carbocycles. The molecule has 0 saturated carbocycles. The summed E-state index contributed by atoms with van der Waals surface area (Å²) in [5.74, 6) is 0. The van der Waals surface area contributed by atoms with Crippen molar-refractivity contribution in [1.82, 2.24) is 9.13 Å². The van der Waals surface area contributed by atoms with Gasteiger partial charge in [-0.15, -0.1) is 0 Å². The molecule has 13 heteroatoms. The first-order valence-corrected chi connectivity index (χ1v) is 9.12. The van der Waals surface area contributed by atoms with Crippen LogP contribution in [0.25, 0.3) is 5.69 Å². The molecule has 0 unspecified atom stereocenters. The summed E-state index contributed by atoms with van der Waals surface area (Å²) in [5.41, 5.74) is -4.68. The number of sulfonamides is 1. The molecule has 0 bridgehead atoms. The second kappa shape index (κ2) is 6.75. The van der Waals surface area contributed by atoms with Crippen LogP contribution in [0.15, 0.2) is 33.9 Å². The van der Waals surface area contributed by atoms with Crippen LogP contribution in [0.5, 0.6) is 0 Å². The van der Waals surface area contributed by atoms with Crippen LogP contribution in [-0.4, -0.2) is 23.8 Å². The quantitative estimate of drug-likeness (QED) is 0.550. The lowest BCUT2D eigenvalue weighted by Gasteiger charge is -2.17. The van der Waals surface area contributed by atoms with E-state index in [1.807, 2.05) is 0 Å². The lowest BCUT2D eigenvalue weighted by atomic mass is 10.2. The van der Waals surface area contributed by atoms with Crippen molar-refractivity contribution in [2.75, 3.05) is 10.6 Å². The Balaban J connectivity index is 2.81. The second-order valence-electron chi connectivity index (χ2n) is 5.31. The predicted octanol–water partition coefficient (Wildman–Crippen LogP) is 1.46. The largest absolute Gasteiger partial charge is 0.431 e. The first-order valence-electron chi connectivity index (χ1n) is 6.89. The molecule has 8 nitrogen and oxygen atoms in total. The zero-order valence-electron chi connectivity index (χ0n) is 13.7. The van der Waals surface area contributed by atoms with Crippen LogP contribution in [0.2, 0.25) is 5.02 Å². The van der Waals surface area contributed by atoms with Crippen LogP contribution in [0.3, 0.4) is 0 Å². The third kappa shape index (κ3) is 3.83. The average molecular weight is 423 g/mol. The molecule has 0 saturated heterocycles. The molecule has 0 aliphatic heterocycles. The van der Waals surface area contributed by atoms with E-state index in [4.69, 9.17) is 16.9 Å². The molecule has 0 atom stereocenters. The zero-order chi connectivity index (χ0) is 20.7. The lowest BCUT2D eigenvalue weighted by molar-refractivity contribution is -0.144. The molecule has 0 aliphatic carbocycles. The first kappa shape index (κ1) is 20.5. The maximum atomic E-state index is 12.9. The Morgan fingerprint density at radius 2 is 1.81 bits per heavy atom. The van der Waals surface area contributed by atoms with Crippen molar-refractivity contribution in [2.45, 2.75) is 6.18 Å². The Kier molecular flexibility index (Phi) is 5.13. The molecule has 1 aromatic heterocycles. The van der Waals surface area contributed by atoms with Crippen LogP contribution < -0.4 is 15.6 Å². The van der Waals surface area contributed by atoms with E-state index in [9.17, 15) is 31.2 Å². The monoisotopic (exact) mass is 422 g/mol. The van der Waals surface area contributed by atoms with E-state index in [0.29, 0.717) is 4.57 Å². The van der Waals surface area contributed by atoms with Crippen molar-refractivity contribution in [1.29, 1.82) is 5.26 Å². The second-order valence-corrected chi connectivity index (χ2v) is 7.54. The molecule has 0 N–H and O–H groups in total. The Labute approximate surface area is 155 Å². The number of nitriles is 1. The third-order valence-electron chi connectivity index (χ3n) is 3.44. The van der Waals surface area contributed by atoms with Crippen molar-refractivity contribution in [2.24, 2.45) is 7.05 Å². The maximum absolute atomic E-state index is 12.9. The summed E-state index contributed by atoms with van der Waals surface area (Å²) in [5, 5.41) is 8.87. The minimum absolute atomic E-state index is 0.192. The smallest absolute Gasteiger partial charge is 0.292 e. The highest BCUT2D eigenvalue weighted by atomic mass is 35.5. The molecule has 0 aliphatic rings. The van der Waals surface area contributed by atoms with Crippen LogP contribution in [0.4, 0.5) is 18.9 Å². The summed E-state index contributed by atoms with van der Waals surface area (Å²) in [6, 6.07) is 3.39. The van der Waals surface area contributed by atoms with Gasteiger partial charge >= 0.3 is 11.9 Å². The van der Waals surface area contributed by atoms with Crippen LogP contribution in [-0.2, 0) is 23.2 Å². The van der Waals surface area contributed by atoms with Gasteiger partial charge in [0.2, 0.25) is 10.0 Å². The molecular formula is C14H10ClF3N4O4S. The molecule has 1 heterocycles. The maximum Gasteiger partial charge on any atom is 0.431 e. The number of hydrogen-bond acceptors (Lipinski definition) is 5. The average Bonchev–Trinajstić information content (AvgIpc) is 2.52. The highest BCUT2D eigenvalue weighted by Gasteiger charge is 2.35. The number of anilines is 1. The van der Waals surface area contributed by atoms with Crippen LogP contribution in [0, 0.1) is 11.5 Å². The van der Waals surface area contributed by atoms with Gasteiger partial charge in [0, 0.05) is 13.1 Å². The first-order chi connectivity index (χ1) is 12.3. The van der Waals surface area contributed by atoms with E-state index < -0.39 is 33.1 Å². The standard InChI is InChI=1S/C14H10ClF3N4O4S/c1-20-11(14(16,17)18)6-12(23)22(13(20)24)8-3-4-9(15)10(5-8)21(7-19)27(2,25)26/h3-6H,1-2H3. The van der Waals surface area contributed by atoms with E-state index in [2.05, 4.69) is 0 Å². The van der Waals surface area contributed by atoms with Gasteiger partial charge in [-0.25, -0.2) is 17.8 Å². The molecule has 2 aromatic rings. The number of hydrogen-bond donors (Lipinski definition) is 0. The number of benzene rings is 1. The van der Waals surface area contributed by atoms with Gasteiger partial charge < -0.3 is 0 Å². The van der Waals surface area contributed by atoms with Crippen molar-refractivity contribution < 1.29 is 21.6 Å². The van der Waals surface area contributed by atoms with Crippen molar-refractivity contribution in [3.8, 4) is 11.9 Å². The zero-order valence-corrected chi connectivity index (χ0v) is 15.2. The fraction of sp³-hybridized carbons (Fsp3) is 0.214. The lowest BCUT2D eigenvalue weighted by Crippen LogP contribution is -2.40. The fourth-order valence-corrected chi connectivity index (χ4v) is 3.15. The van der Waals surface area contributed by atoms with Crippen molar-refractivity contribution in [3.63, 3.8) is 0 Å². The van der Waals surface area contributed by atoms with Gasteiger partial charge in [0.25, 0.3) is 5.56 Å². The van der Waals surface area contributed by atoms with Crippen molar-refractivity contribution in [3.05, 3.63) is 55.8 Å². The van der Waals surface area contributed by atoms with E-state index in [0.717, 1.165) is 31.5 Å². The molecule has 0 spiro atoms. The highest BCUT2D eigenvalue weighted by molar-refractivity contribution is 7.92. The fourth-order valence-electron chi connectivity index (χ4n) is 2.24. The Hall–Kier alpha value is -2.78. The van der Waals surface area contributed by atoms with Gasteiger partial charge in [-0.1, -0.05) is 11.6 Å². The molecular weight excluding hydrogens is 413 g/mol. The number of aromatic nitrogens is 2. The molecule has 0 fully saturated rings. The third-order valence-corrected chi connectivity index (χ3v) is 4.70. The normalized spacial score (nSPS) is 11.9. The summed E-state index contributed by atoms with van der Waals surface area (Å²) < 4.78 is 63.0. The highest BCUT2D eigenvalue weighted by Crippen LogP contribution is 2.30. The topological polar surface area (TPSA) is 105 Å². The van der Waals surface area contributed by atoms with Gasteiger partial charge in [-0.05, 0) is 18.2 Å². The molecule has 0 radical (unpaired) electrons. The Morgan fingerprint density at radius 1 is 1.22 bits per heavy atom. The van der Waals surface area contributed by atoms with Gasteiger partial charge in [-0.3, -0.25) is 9.36 Å². The number of alkyl halides is 3. The van der Waals surface area contributed by atoms with Crippen LogP contribution in [0.1, 0.15) is 5.69 Å². The van der Waals surface area contributed by atoms with Gasteiger partial charge in [0.15, 0.2) is 6.19 Å². The summed E-state index contributed by atoms with van der Waals surface area (Å²) in [6.45, 7) is 0. The Bertz CT molecular complexity index is 1180. The minimum atomic E-state index is -4.93. The SMILES string of the molecule is Cn1c(C(F)(F)F)cc(=O)n(-c2ccc(Cl)c(N(C#N)S(C)(=O)=O)c2)c1=O. The number of halogens is 4. The summed E-state index contributed by atoms with van der Waals surface area (Å²) >= 11 is 5.88. The van der Waals surface area contributed by atoms with E-state index >= 15 is 0 Å². The molecule has 0 amide bonds. The van der Waals surface area contributed by atoms with Gasteiger partial charge in [0.1, 0.15) is 5.69 Å². The number of rotatable bonds is 3. The predicted molar refractivity (Wildman–Crippen MR) is 90.2 cm³/mol. The van der Waals surface area contributed by atoms with E-state index in [1.165, 1.54) is 6.19 Å². The summed E-state index contributed by atoms with van der Waals surface area (Å²) in [6.07, 6.45) is -2.81. The molecule has 2 rings (SSSR count). The summed E-state index contributed by atoms with van der Waals surface area (Å²) in [7, 11) is -3.25. The van der Waals surface area contributed by atoms with Crippen molar-refractivity contribution >= 4 is 27.3 Å². The van der Waals surface area contributed by atoms with Crippen LogP contribution >= 0.6 is 11.6 Å². The van der Waals surface area contributed by atoms with Gasteiger partial charge in [-0.2, -0.15) is 22.7 Å². The van der Waals surface area contributed by atoms with E-state index in [-0.39, 0.29) is 31.3 Å². The summed E-state index contributed by atoms with van der Waals surface area (Å²) in [4.78, 5) is 24.4. The minimum Gasteiger partial charge on any atom is -0.292 e. The molecule has 144 valence electrons.